The van der Waals surface area contributed by atoms with Gasteiger partial charge in [0.25, 0.3) is 0 Å². The summed E-state index contributed by atoms with van der Waals surface area (Å²) < 4.78 is 17.2. The van der Waals surface area contributed by atoms with E-state index in [1.807, 2.05) is 42.4 Å². The molecule has 0 saturated heterocycles. The number of rotatable bonds is 2. The van der Waals surface area contributed by atoms with Crippen molar-refractivity contribution in [2.75, 3.05) is 0 Å². The van der Waals surface area contributed by atoms with E-state index in [0.29, 0.717) is 0 Å². The summed E-state index contributed by atoms with van der Waals surface area (Å²) in [6, 6.07) is 5.64. The minimum atomic E-state index is -0.312. The molecule has 0 radical (unpaired) electrons. The molecule has 25 heavy (non-hydrogen) atoms. The minimum absolute atomic E-state index is 0.312. The van der Waals surface area contributed by atoms with Crippen LogP contribution in [0.3, 0.4) is 0 Å². The first-order valence-corrected chi connectivity index (χ1v) is 8.01. The maximum Gasteiger partial charge on any atom is 0.142 e. The number of halogens is 1. The molecule has 4 aromatic rings. The van der Waals surface area contributed by atoms with Crippen molar-refractivity contribution in [1.29, 1.82) is 0 Å². The van der Waals surface area contributed by atoms with Crippen LogP contribution in [0.25, 0.3) is 22.2 Å². The van der Waals surface area contributed by atoms with E-state index < -0.39 is 0 Å². The lowest BCUT2D eigenvalue weighted by Gasteiger charge is -2.07. The molecule has 0 unspecified atom stereocenters. The molecule has 0 bridgehead atoms. The lowest BCUT2D eigenvalue weighted by molar-refractivity contribution is 0.619. The molecule has 0 fully saturated rings. The second-order valence-corrected chi connectivity index (χ2v) is 6.18. The van der Waals surface area contributed by atoms with Crippen molar-refractivity contribution in [2.45, 2.75) is 6.42 Å². The Morgan fingerprint density at radius 3 is 2.80 bits per heavy atom. The van der Waals surface area contributed by atoms with Crippen LogP contribution in [-0.2, 0) is 13.5 Å². The van der Waals surface area contributed by atoms with Gasteiger partial charge in [0.05, 0.1) is 29.8 Å². The van der Waals surface area contributed by atoms with Crippen LogP contribution in [0.1, 0.15) is 16.8 Å². The summed E-state index contributed by atoms with van der Waals surface area (Å²) >= 11 is 0. The van der Waals surface area contributed by atoms with Crippen molar-refractivity contribution >= 4 is 11.1 Å². The minimum Gasteiger partial charge on any atom is -0.275 e. The summed E-state index contributed by atoms with van der Waals surface area (Å²) in [5.74, 6) is -0.312. The first-order chi connectivity index (χ1) is 12.2. The normalized spacial score (nSPS) is 13.3. The van der Waals surface area contributed by atoms with Crippen LogP contribution >= 0.6 is 0 Å². The molecule has 4 heterocycles. The third kappa shape index (κ3) is 2.18. The number of aromatic nitrogens is 5. The molecule has 1 aliphatic carbocycles. The molecule has 0 aliphatic heterocycles. The first-order valence-electron chi connectivity index (χ1n) is 8.01. The number of aryl methyl sites for hydroxylation is 1. The molecule has 4 aromatic heterocycles. The van der Waals surface area contributed by atoms with Crippen LogP contribution in [0.2, 0.25) is 0 Å². The molecule has 1 aliphatic rings. The van der Waals surface area contributed by atoms with Gasteiger partial charge in [-0.2, -0.15) is 10.2 Å². The van der Waals surface area contributed by atoms with E-state index in [1.165, 1.54) is 6.20 Å². The summed E-state index contributed by atoms with van der Waals surface area (Å²) in [5, 5.41) is 8.66. The summed E-state index contributed by atoms with van der Waals surface area (Å²) in [5.41, 5.74) is 6.86. The van der Waals surface area contributed by atoms with Gasteiger partial charge in [-0.1, -0.05) is 6.08 Å². The number of hydrogen-bond donors (Lipinski definition) is 0. The number of hydrogen-bond acceptors (Lipinski definition) is 3. The summed E-state index contributed by atoms with van der Waals surface area (Å²) in [7, 11) is 1.89. The van der Waals surface area contributed by atoms with Gasteiger partial charge in [0, 0.05) is 42.6 Å². The predicted octanol–water partition coefficient (Wildman–Crippen LogP) is 3.26. The first kappa shape index (κ1) is 14.1. The lowest BCUT2D eigenvalue weighted by Crippen LogP contribution is -1.94. The number of pyridine rings is 2. The SMILES string of the molecule is Cn1cc(-c2cnn3ccc(C4=CCc5ncc(F)cc54)cc23)cn1. The average molecular weight is 331 g/mol. The predicted molar refractivity (Wildman–Crippen MR) is 92.4 cm³/mol. The second-order valence-electron chi connectivity index (χ2n) is 6.18. The van der Waals surface area contributed by atoms with Crippen molar-refractivity contribution in [3.05, 3.63) is 77.9 Å². The molecular weight excluding hydrogens is 317 g/mol. The van der Waals surface area contributed by atoms with Crippen LogP contribution < -0.4 is 0 Å². The second kappa shape index (κ2) is 5.11. The fraction of sp³-hybridized carbons (Fsp3) is 0.105. The van der Waals surface area contributed by atoms with Crippen molar-refractivity contribution in [1.82, 2.24) is 24.4 Å². The van der Waals surface area contributed by atoms with Gasteiger partial charge in [0.15, 0.2) is 0 Å². The smallest absolute Gasteiger partial charge is 0.142 e. The van der Waals surface area contributed by atoms with Gasteiger partial charge in [-0.3, -0.25) is 9.67 Å². The van der Waals surface area contributed by atoms with Gasteiger partial charge < -0.3 is 0 Å². The summed E-state index contributed by atoms with van der Waals surface area (Å²) in [4.78, 5) is 4.20. The average Bonchev–Trinajstić information content (AvgIpc) is 3.31. The number of allylic oxidation sites excluding steroid dienone is 1. The Balaban J connectivity index is 1.66. The highest BCUT2D eigenvalue weighted by Crippen LogP contribution is 2.34. The van der Waals surface area contributed by atoms with Crippen LogP contribution in [0.15, 0.2) is 55.3 Å². The molecular formula is C19H14FN5. The molecule has 0 N–H and O–H groups in total. The molecule has 0 atom stereocenters. The Morgan fingerprint density at radius 2 is 1.96 bits per heavy atom. The molecule has 0 aromatic carbocycles. The molecule has 5 nitrogen and oxygen atoms in total. The molecule has 6 heteroatoms. The maximum absolute atomic E-state index is 13.6. The van der Waals surface area contributed by atoms with Crippen molar-refractivity contribution < 1.29 is 4.39 Å². The zero-order chi connectivity index (χ0) is 17.0. The Bertz CT molecular complexity index is 1150. The zero-order valence-corrected chi connectivity index (χ0v) is 13.5. The summed E-state index contributed by atoms with van der Waals surface area (Å²) in [6.07, 6.45) is 11.7. The van der Waals surface area contributed by atoms with Crippen molar-refractivity contribution in [2.24, 2.45) is 7.05 Å². The zero-order valence-electron chi connectivity index (χ0n) is 13.5. The maximum atomic E-state index is 13.6. The third-order valence-corrected chi connectivity index (χ3v) is 4.57. The molecule has 122 valence electrons. The monoisotopic (exact) mass is 331 g/mol. The number of fused-ring (bicyclic) bond motifs is 2. The highest BCUT2D eigenvalue weighted by Gasteiger charge is 2.19. The summed E-state index contributed by atoms with van der Waals surface area (Å²) in [6.45, 7) is 0. The van der Waals surface area contributed by atoms with Gasteiger partial charge in [-0.05, 0) is 29.3 Å². The van der Waals surface area contributed by atoms with E-state index in [1.54, 1.807) is 10.7 Å². The topological polar surface area (TPSA) is 48.0 Å². The van der Waals surface area contributed by atoms with Gasteiger partial charge in [-0.25, -0.2) is 8.91 Å². The van der Waals surface area contributed by atoms with E-state index in [-0.39, 0.29) is 5.82 Å². The number of nitrogens with zero attached hydrogens (tertiary/aromatic N) is 5. The largest absolute Gasteiger partial charge is 0.275 e. The highest BCUT2D eigenvalue weighted by atomic mass is 19.1. The quantitative estimate of drug-likeness (QED) is 0.566. The van der Waals surface area contributed by atoms with Crippen LogP contribution in [0, 0.1) is 5.82 Å². The van der Waals surface area contributed by atoms with Crippen LogP contribution in [-0.4, -0.2) is 24.4 Å². The van der Waals surface area contributed by atoms with E-state index >= 15 is 0 Å². The van der Waals surface area contributed by atoms with Crippen LogP contribution in [0.5, 0.6) is 0 Å². The highest BCUT2D eigenvalue weighted by molar-refractivity contribution is 5.88. The van der Waals surface area contributed by atoms with E-state index in [2.05, 4.69) is 27.3 Å². The Kier molecular flexibility index (Phi) is 2.88. The fourth-order valence-electron chi connectivity index (χ4n) is 3.38. The van der Waals surface area contributed by atoms with Crippen LogP contribution in [0.4, 0.5) is 4.39 Å². The van der Waals surface area contributed by atoms with E-state index in [0.717, 1.165) is 45.5 Å². The van der Waals surface area contributed by atoms with Crippen molar-refractivity contribution in [3.63, 3.8) is 0 Å². The molecule has 0 saturated carbocycles. The molecule has 0 spiro atoms. The third-order valence-electron chi connectivity index (χ3n) is 4.57. The molecule has 5 rings (SSSR count). The van der Waals surface area contributed by atoms with E-state index in [4.69, 9.17) is 0 Å². The fourth-order valence-corrected chi connectivity index (χ4v) is 3.38. The standard InChI is InChI=1S/C19H14FN5/c1-24-11-13(8-22-24)17-10-23-25-5-4-12(6-19(17)25)15-2-3-18-16(15)7-14(20)9-21-18/h2,4-11H,3H2,1H3. The van der Waals surface area contributed by atoms with Gasteiger partial charge in [0.2, 0.25) is 0 Å². The molecule has 0 amide bonds. The Labute approximate surface area is 143 Å². The van der Waals surface area contributed by atoms with Gasteiger partial charge >= 0.3 is 0 Å². The Hall–Kier alpha value is -3.28. The van der Waals surface area contributed by atoms with Gasteiger partial charge in [0.1, 0.15) is 5.82 Å². The van der Waals surface area contributed by atoms with Gasteiger partial charge in [-0.15, -0.1) is 0 Å². The van der Waals surface area contributed by atoms with E-state index in [9.17, 15) is 4.39 Å². The Morgan fingerprint density at radius 1 is 1.04 bits per heavy atom. The lowest BCUT2D eigenvalue weighted by atomic mass is 10.0. The van der Waals surface area contributed by atoms with Crippen molar-refractivity contribution in [3.8, 4) is 11.1 Å².